The maximum absolute atomic E-state index is 5.36. The molecule has 2 N–H and O–H groups in total. The van der Waals surface area contributed by atoms with Crippen molar-refractivity contribution in [2.75, 3.05) is 27.9 Å². The average Bonchev–Trinajstić information content (AvgIpc) is 2.90. The Balaban J connectivity index is 2.40. The van der Waals surface area contributed by atoms with E-state index in [-0.39, 0.29) is 0 Å². The van der Waals surface area contributed by atoms with Crippen molar-refractivity contribution in [1.82, 2.24) is 0 Å². The first-order valence-corrected chi connectivity index (χ1v) is 5.93. The van der Waals surface area contributed by atoms with E-state index in [0.29, 0.717) is 11.8 Å². The van der Waals surface area contributed by atoms with Crippen molar-refractivity contribution in [2.45, 2.75) is 18.9 Å². The Morgan fingerprint density at radius 3 is 2.12 bits per heavy atom. The fourth-order valence-corrected chi connectivity index (χ4v) is 2.39. The monoisotopic (exact) mass is 238 g/mol. The molecular weight excluding hydrogens is 218 g/mol. The van der Waals surface area contributed by atoms with Crippen molar-refractivity contribution in [1.29, 1.82) is 0 Å². The Kier molecular flexibility index (Phi) is 3.74. The molecule has 1 heterocycles. The van der Waals surface area contributed by atoms with Crippen molar-refractivity contribution in [3.8, 4) is 17.2 Å². The first-order valence-electron chi connectivity index (χ1n) is 5.93. The molecule has 0 amide bonds. The molecule has 1 aliphatic rings. The number of ether oxygens (including phenoxy) is 3. The lowest BCUT2D eigenvalue weighted by atomic mass is 10.0. The Hall–Kier alpha value is -1.42. The van der Waals surface area contributed by atoms with E-state index in [9.17, 15) is 0 Å². The number of nitrogens with two attached hydrogens (primary N) is 1. The molecule has 0 radical (unpaired) electrons. The minimum atomic E-state index is 0.517. The maximum Gasteiger partial charge on any atom is 0.203 e. The molecule has 1 saturated heterocycles. The first-order chi connectivity index (χ1) is 8.30. The number of methoxy groups -OCH3 is 3. The van der Waals surface area contributed by atoms with E-state index >= 15 is 0 Å². The predicted molar refractivity (Wildman–Crippen MR) is 64.9 cm³/mol. The molecule has 1 fully saturated rings. The Labute approximate surface area is 102 Å². The predicted octanol–water partition coefficient (Wildman–Crippen LogP) is 1.11. The molecule has 0 spiro atoms. The molecule has 2 rings (SSSR count). The smallest absolute Gasteiger partial charge is 0.203 e. The molecule has 0 aromatic heterocycles. The van der Waals surface area contributed by atoms with Crippen LogP contribution in [0.25, 0.3) is 0 Å². The van der Waals surface area contributed by atoms with Crippen molar-refractivity contribution in [2.24, 2.45) is 0 Å². The summed E-state index contributed by atoms with van der Waals surface area (Å²) in [4.78, 5) is 0. The lowest BCUT2D eigenvalue weighted by molar-refractivity contribution is -0.676. The summed E-state index contributed by atoms with van der Waals surface area (Å²) in [5.74, 6) is 2.14. The summed E-state index contributed by atoms with van der Waals surface area (Å²) < 4.78 is 16.0. The van der Waals surface area contributed by atoms with E-state index in [1.54, 1.807) is 21.3 Å². The zero-order valence-electron chi connectivity index (χ0n) is 10.7. The quantitative estimate of drug-likeness (QED) is 0.854. The summed E-state index contributed by atoms with van der Waals surface area (Å²) in [6, 6.07) is 4.62. The van der Waals surface area contributed by atoms with Crippen LogP contribution in [0.3, 0.4) is 0 Å². The Morgan fingerprint density at radius 1 is 1.06 bits per heavy atom. The van der Waals surface area contributed by atoms with E-state index in [2.05, 4.69) is 5.32 Å². The molecule has 4 nitrogen and oxygen atoms in total. The fourth-order valence-electron chi connectivity index (χ4n) is 2.39. The number of hydrogen-bond donors (Lipinski definition) is 1. The van der Waals surface area contributed by atoms with Crippen LogP contribution in [0.1, 0.15) is 24.4 Å². The number of hydrogen-bond acceptors (Lipinski definition) is 3. The van der Waals surface area contributed by atoms with E-state index in [1.165, 1.54) is 24.9 Å². The zero-order valence-corrected chi connectivity index (χ0v) is 10.7. The highest BCUT2D eigenvalue weighted by molar-refractivity contribution is 5.54. The highest BCUT2D eigenvalue weighted by Crippen LogP contribution is 2.39. The van der Waals surface area contributed by atoms with Gasteiger partial charge < -0.3 is 19.5 Å². The van der Waals surface area contributed by atoms with Crippen LogP contribution in [0.5, 0.6) is 17.2 Å². The number of quaternary nitrogens is 1. The molecule has 1 atom stereocenters. The van der Waals surface area contributed by atoms with Crippen LogP contribution < -0.4 is 19.5 Å². The Bertz CT molecular complexity index is 361. The summed E-state index contributed by atoms with van der Waals surface area (Å²) in [7, 11) is 4.93. The first kappa shape index (κ1) is 12.0. The van der Waals surface area contributed by atoms with Gasteiger partial charge >= 0.3 is 0 Å². The minimum absolute atomic E-state index is 0.517. The van der Waals surface area contributed by atoms with Crippen molar-refractivity contribution < 1.29 is 19.5 Å². The topological polar surface area (TPSA) is 44.3 Å². The minimum Gasteiger partial charge on any atom is -0.493 e. The second-order valence-electron chi connectivity index (χ2n) is 4.23. The van der Waals surface area contributed by atoms with Gasteiger partial charge in [0, 0.05) is 18.4 Å². The van der Waals surface area contributed by atoms with Crippen molar-refractivity contribution >= 4 is 0 Å². The molecule has 0 saturated carbocycles. The largest absolute Gasteiger partial charge is 0.493 e. The molecule has 0 bridgehead atoms. The third kappa shape index (κ3) is 2.31. The summed E-state index contributed by atoms with van der Waals surface area (Å²) in [6.45, 7) is 1.20. The van der Waals surface area contributed by atoms with Crippen LogP contribution in [0.15, 0.2) is 12.1 Å². The molecule has 94 valence electrons. The summed E-state index contributed by atoms with van der Waals surface area (Å²) in [5, 5.41) is 2.36. The van der Waals surface area contributed by atoms with Crippen LogP contribution in [0.2, 0.25) is 0 Å². The Morgan fingerprint density at radius 2 is 1.71 bits per heavy atom. The highest BCUT2D eigenvalue weighted by Gasteiger charge is 2.24. The van der Waals surface area contributed by atoms with Gasteiger partial charge in [-0.3, -0.25) is 0 Å². The summed E-state index contributed by atoms with van der Waals surface area (Å²) in [6.07, 6.45) is 2.47. The average molecular weight is 238 g/mol. The standard InChI is InChI=1S/C13H19NO3/c1-15-11-7-9(10-5-4-6-14-10)8-12(16-2)13(11)17-3/h7-8,10,14H,4-6H2,1-3H3/p+1/t10-/m0/s1. The van der Waals surface area contributed by atoms with Gasteiger partial charge in [0.05, 0.1) is 27.9 Å². The molecular formula is C13H20NO3+. The molecule has 0 aliphatic carbocycles. The van der Waals surface area contributed by atoms with Crippen LogP contribution in [0, 0.1) is 0 Å². The van der Waals surface area contributed by atoms with E-state index in [4.69, 9.17) is 14.2 Å². The van der Waals surface area contributed by atoms with Gasteiger partial charge in [0.1, 0.15) is 6.04 Å². The van der Waals surface area contributed by atoms with E-state index in [1.807, 2.05) is 12.1 Å². The third-order valence-corrected chi connectivity index (χ3v) is 3.29. The molecule has 1 aromatic carbocycles. The van der Waals surface area contributed by atoms with E-state index in [0.717, 1.165) is 11.5 Å². The molecule has 1 aromatic rings. The van der Waals surface area contributed by atoms with Crippen molar-refractivity contribution in [3.05, 3.63) is 17.7 Å². The van der Waals surface area contributed by atoms with Gasteiger partial charge in [-0.1, -0.05) is 0 Å². The van der Waals surface area contributed by atoms with Gasteiger partial charge in [-0.05, 0) is 12.1 Å². The molecule has 0 unspecified atom stereocenters. The van der Waals surface area contributed by atoms with Crippen LogP contribution in [0.4, 0.5) is 0 Å². The number of rotatable bonds is 4. The lowest BCUT2D eigenvalue weighted by Gasteiger charge is -2.15. The normalized spacial score (nSPS) is 19.1. The second kappa shape index (κ2) is 5.27. The van der Waals surface area contributed by atoms with Crippen LogP contribution in [-0.2, 0) is 0 Å². The summed E-state index contributed by atoms with van der Waals surface area (Å²) in [5.41, 5.74) is 1.25. The van der Waals surface area contributed by atoms with Gasteiger partial charge in [-0.2, -0.15) is 0 Å². The third-order valence-electron chi connectivity index (χ3n) is 3.29. The van der Waals surface area contributed by atoms with Gasteiger partial charge in [-0.25, -0.2) is 0 Å². The van der Waals surface area contributed by atoms with Gasteiger partial charge in [0.2, 0.25) is 5.75 Å². The lowest BCUT2D eigenvalue weighted by Crippen LogP contribution is -2.81. The molecule has 1 aliphatic heterocycles. The second-order valence-corrected chi connectivity index (χ2v) is 4.23. The van der Waals surface area contributed by atoms with Crippen LogP contribution >= 0.6 is 0 Å². The summed E-state index contributed by atoms with van der Waals surface area (Å²) >= 11 is 0. The SMILES string of the molecule is COc1cc([C@@H]2CCC[NH2+]2)cc(OC)c1OC. The maximum atomic E-state index is 5.36. The highest BCUT2D eigenvalue weighted by atomic mass is 16.5. The van der Waals surface area contributed by atoms with Gasteiger partial charge in [0.25, 0.3) is 0 Å². The van der Waals surface area contributed by atoms with Crippen LogP contribution in [-0.4, -0.2) is 27.9 Å². The number of benzene rings is 1. The van der Waals surface area contributed by atoms with Crippen molar-refractivity contribution in [3.63, 3.8) is 0 Å². The zero-order chi connectivity index (χ0) is 12.3. The van der Waals surface area contributed by atoms with Gasteiger partial charge in [-0.15, -0.1) is 0 Å². The molecule has 4 heteroatoms. The van der Waals surface area contributed by atoms with E-state index < -0.39 is 0 Å². The van der Waals surface area contributed by atoms with Gasteiger partial charge in [0.15, 0.2) is 11.5 Å². The molecule has 17 heavy (non-hydrogen) atoms. The fraction of sp³-hybridized carbons (Fsp3) is 0.538.